The summed E-state index contributed by atoms with van der Waals surface area (Å²) in [5.74, 6) is 1.74. The fourth-order valence-corrected chi connectivity index (χ4v) is 4.58. The van der Waals surface area contributed by atoms with Crippen LogP contribution in [0, 0.1) is 11.8 Å². The van der Waals surface area contributed by atoms with Crippen LogP contribution in [0.25, 0.3) is 0 Å². The van der Waals surface area contributed by atoms with Crippen LogP contribution < -0.4 is 5.32 Å². The van der Waals surface area contributed by atoms with E-state index in [1.807, 2.05) is 0 Å². The Morgan fingerprint density at radius 2 is 1.80 bits per heavy atom. The number of rotatable bonds is 5. The molecule has 0 aromatic heterocycles. The van der Waals surface area contributed by atoms with E-state index in [4.69, 9.17) is 0 Å². The van der Waals surface area contributed by atoms with Crippen LogP contribution in [0.4, 0.5) is 0 Å². The first-order chi connectivity index (χ1) is 9.69. The average Bonchev–Trinajstić information content (AvgIpc) is 2.49. The molecule has 20 heavy (non-hydrogen) atoms. The molecule has 0 bridgehead atoms. The summed E-state index contributed by atoms with van der Waals surface area (Å²) in [7, 11) is 0. The first-order valence-corrected chi connectivity index (χ1v) is 9.18. The predicted molar refractivity (Wildman–Crippen MR) is 88.1 cm³/mol. The predicted octanol–water partition coefficient (Wildman–Crippen LogP) is 4.05. The number of nitrogens with zero attached hydrogens (tertiary/aromatic N) is 1. The molecular formula is C18H36N2. The van der Waals surface area contributed by atoms with E-state index < -0.39 is 0 Å². The van der Waals surface area contributed by atoms with E-state index in [0.717, 1.165) is 30.0 Å². The van der Waals surface area contributed by atoms with E-state index in [1.165, 1.54) is 58.0 Å². The summed E-state index contributed by atoms with van der Waals surface area (Å²) in [4.78, 5) is 2.88. The molecule has 1 aliphatic carbocycles. The lowest BCUT2D eigenvalue weighted by molar-refractivity contribution is 0.00619. The van der Waals surface area contributed by atoms with Crippen molar-refractivity contribution >= 4 is 0 Å². The SMILES string of the molecule is CCCNC1CCN(C2CCCCC2CC)C(C)C1C. The highest BCUT2D eigenvalue weighted by Gasteiger charge is 2.38. The van der Waals surface area contributed by atoms with Gasteiger partial charge in [0.2, 0.25) is 0 Å². The van der Waals surface area contributed by atoms with Crippen LogP contribution in [-0.4, -0.2) is 36.1 Å². The van der Waals surface area contributed by atoms with Gasteiger partial charge in [0.15, 0.2) is 0 Å². The van der Waals surface area contributed by atoms with E-state index in [2.05, 4.69) is 37.9 Å². The molecule has 1 saturated carbocycles. The molecule has 2 nitrogen and oxygen atoms in total. The van der Waals surface area contributed by atoms with Crippen LogP contribution in [-0.2, 0) is 0 Å². The Labute approximate surface area is 126 Å². The molecule has 5 atom stereocenters. The van der Waals surface area contributed by atoms with Gasteiger partial charge < -0.3 is 5.32 Å². The van der Waals surface area contributed by atoms with E-state index in [0.29, 0.717) is 0 Å². The molecule has 2 fully saturated rings. The molecule has 1 heterocycles. The highest BCUT2D eigenvalue weighted by atomic mass is 15.2. The Bertz CT molecular complexity index is 279. The monoisotopic (exact) mass is 280 g/mol. The van der Waals surface area contributed by atoms with Crippen LogP contribution in [0.2, 0.25) is 0 Å². The molecule has 0 radical (unpaired) electrons. The fourth-order valence-electron chi connectivity index (χ4n) is 4.58. The van der Waals surface area contributed by atoms with Crippen molar-refractivity contribution in [1.82, 2.24) is 10.2 Å². The quantitative estimate of drug-likeness (QED) is 0.817. The van der Waals surface area contributed by atoms with Gasteiger partial charge in [-0.25, -0.2) is 0 Å². The summed E-state index contributed by atoms with van der Waals surface area (Å²) >= 11 is 0. The second-order valence-corrected chi connectivity index (χ2v) is 7.21. The molecule has 2 aliphatic rings. The molecule has 0 aromatic rings. The Kier molecular flexibility index (Phi) is 6.35. The summed E-state index contributed by atoms with van der Waals surface area (Å²) in [5.41, 5.74) is 0. The van der Waals surface area contributed by atoms with Gasteiger partial charge in [0.05, 0.1) is 0 Å². The maximum absolute atomic E-state index is 3.77. The van der Waals surface area contributed by atoms with Gasteiger partial charge in [-0.3, -0.25) is 4.90 Å². The second-order valence-electron chi connectivity index (χ2n) is 7.21. The van der Waals surface area contributed by atoms with Crippen molar-refractivity contribution in [2.45, 2.75) is 90.8 Å². The summed E-state index contributed by atoms with van der Waals surface area (Å²) in [6.07, 6.45) is 9.81. The Morgan fingerprint density at radius 1 is 1.05 bits per heavy atom. The molecular weight excluding hydrogens is 244 g/mol. The third kappa shape index (κ3) is 3.57. The third-order valence-corrected chi connectivity index (χ3v) is 6.09. The Hall–Kier alpha value is -0.0800. The number of nitrogens with one attached hydrogen (secondary N) is 1. The lowest BCUT2D eigenvalue weighted by Crippen LogP contribution is -2.58. The van der Waals surface area contributed by atoms with Crippen LogP contribution in [0.3, 0.4) is 0 Å². The van der Waals surface area contributed by atoms with Crippen molar-refractivity contribution in [3.8, 4) is 0 Å². The molecule has 1 saturated heterocycles. The molecule has 0 aromatic carbocycles. The first-order valence-electron chi connectivity index (χ1n) is 9.18. The number of piperidine rings is 1. The minimum atomic E-state index is 0.741. The number of hydrogen-bond donors (Lipinski definition) is 1. The molecule has 1 N–H and O–H groups in total. The fraction of sp³-hybridized carbons (Fsp3) is 1.00. The van der Waals surface area contributed by atoms with Gasteiger partial charge in [-0.05, 0) is 51.0 Å². The normalized spacial score (nSPS) is 39.9. The lowest BCUT2D eigenvalue weighted by Gasteiger charge is -2.50. The standard InChI is InChI=1S/C18H36N2/c1-5-12-19-17-11-13-20(15(4)14(17)3)18-10-8-7-9-16(18)6-2/h14-19H,5-13H2,1-4H3. The molecule has 2 heteroatoms. The highest BCUT2D eigenvalue weighted by Crippen LogP contribution is 2.35. The van der Waals surface area contributed by atoms with Crippen LogP contribution in [0.5, 0.6) is 0 Å². The van der Waals surface area contributed by atoms with Gasteiger partial charge >= 0.3 is 0 Å². The Balaban J connectivity index is 1.96. The van der Waals surface area contributed by atoms with E-state index >= 15 is 0 Å². The summed E-state index contributed by atoms with van der Waals surface area (Å²) in [6, 6.07) is 2.36. The van der Waals surface area contributed by atoms with Gasteiger partial charge in [-0.2, -0.15) is 0 Å². The maximum atomic E-state index is 3.77. The van der Waals surface area contributed by atoms with Crippen molar-refractivity contribution in [3.63, 3.8) is 0 Å². The zero-order valence-corrected chi connectivity index (χ0v) is 14.2. The van der Waals surface area contributed by atoms with Gasteiger partial charge in [0, 0.05) is 24.7 Å². The molecule has 118 valence electrons. The van der Waals surface area contributed by atoms with Crippen LogP contribution in [0.15, 0.2) is 0 Å². The molecule has 2 rings (SSSR count). The summed E-state index contributed by atoms with van der Waals surface area (Å²) in [5, 5.41) is 3.77. The topological polar surface area (TPSA) is 15.3 Å². The van der Waals surface area contributed by atoms with Crippen molar-refractivity contribution in [3.05, 3.63) is 0 Å². The smallest absolute Gasteiger partial charge is 0.0126 e. The average molecular weight is 280 g/mol. The second kappa shape index (κ2) is 7.79. The minimum Gasteiger partial charge on any atom is -0.314 e. The van der Waals surface area contributed by atoms with Crippen LogP contribution in [0.1, 0.15) is 72.6 Å². The summed E-state index contributed by atoms with van der Waals surface area (Å²) < 4.78 is 0. The van der Waals surface area contributed by atoms with Gasteiger partial charge in [-0.1, -0.05) is 40.0 Å². The van der Waals surface area contributed by atoms with Gasteiger partial charge in [0.25, 0.3) is 0 Å². The van der Waals surface area contributed by atoms with E-state index in [9.17, 15) is 0 Å². The van der Waals surface area contributed by atoms with Crippen molar-refractivity contribution in [2.24, 2.45) is 11.8 Å². The van der Waals surface area contributed by atoms with E-state index in [-0.39, 0.29) is 0 Å². The Morgan fingerprint density at radius 3 is 2.50 bits per heavy atom. The zero-order chi connectivity index (χ0) is 14.5. The largest absolute Gasteiger partial charge is 0.314 e. The minimum absolute atomic E-state index is 0.741. The molecule has 0 spiro atoms. The van der Waals surface area contributed by atoms with Crippen molar-refractivity contribution < 1.29 is 0 Å². The highest BCUT2D eigenvalue weighted by molar-refractivity contribution is 4.94. The number of hydrogen-bond acceptors (Lipinski definition) is 2. The zero-order valence-electron chi connectivity index (χ0n) is 14.2. The van der Waals surface area contributed by atoms with Crippen molar-refractivity contribution in [1.29, 1.82) is 0 Å². The first kappa shape index (κ1) is 16.3. The van der Waals surface area contributed by atoms with Crippen LogP contribution >= 0.6 is 0 Å². The van der Waals surface area contributed by atoms with E-state index in [1.54, 1.807) is 0 Å². The molecule has 5 unspecified atom stereocenters. The van der Waals surface area contributed by atoms with Gasteiger partial charge in [0.1, 0.15) is 0 Å². The van der Waals surface area contributed by atoms with Gasteiger partial charge in [-0.15, -0.1) is 0 Å². The summed E-state index contributed by atoms with van der Waals surface area (Å²) in [6.45, 7) is 12.1. The number of likely N-dealkylation sites (tertiary alicyclic amines) is 1. The van der Waals surface area contributed by atoms with Crippen molar-refractivity contribution in [2.75, 3.05) is 13.1 Å². The maximum Gasteiger partial charge on any atom is 0.0126 e. The molecule has 0 amide bonds. The third-order valence-electron chi connectivity index (χ3n) is 6.09. The molecule has 1 aliphatic heterocycles. The lowest BCUT2D eigenvalue weighted by atomic mass is 9.78.